The van der Waals surface area contributed by atoms with Gasteiger partial charge < -0.3 is 11.1 Å². The molecule has 1 aliphatic carbocycles. The van der Waals surface area contributed by atoms with E-state index in [0.717, 1.165) is 24.8 Å². The van der Waals surface area contributed by atoms with Gasteiger partial charge in [0.15, 0.2) is 0 Å². The van der Waals surface area contributed by atoms with E-state index in [9.17, 15) is 9.18 Å². The molecule has 112 valence electrons. The first-order valence-electron chi connectivity index (χ1n) is 6.80. The highest BCUT2D eigenvalue weighted by molar-refractivity contribution is 5.85. The van der Waals surface area contributed by atoms with E-state index < -0.39 is 0 Å². The minimum atomic E-state index is -0.223. The fraction of sp³-hybridized carbons (Fsp3) is 0.533. The van der Waals surface area contributed by atoms with Gasteiger partial charge >= 0.3 is 0 Å². The standard InChI is InChI=1S/C15H21FN2O.ClH/c1-11(17)9-14(19)18-10-15(7-2-8-15)12-3-5-13(16)6-4-12;/h3-6,11H,2,7-10,17H2,1H3,(H,18,19);1H. The lowest BCUT2D eigenvalue weighted by molar-refractivity contribution is -0.121. The molecule has 1 aromatic carbocycles. The van der Waals surface area contributed by atoms with Crippen LogP contribution in [0.15, 0.2) is 24.3 Å². The molecule has 1 unspecified atom stereocenters. The lowest BCUT2D eigenvalue weighted by Crippen LogP contribution is -2.46. The van der Waals surface area contributed by atoms with Gasteiger partial charge in [0.25, 0.3) is 0 Å². The SMILES string of the molecule is CC(N)CC(=O)NCC1(c2ccc(F)cc2)CCC1.Cl. The van der Waals surface area contributed by atoms with Crippen LogP contribution in [-0.4, -0.2) is 18.5 Å². The average Bonchev–Trinajstić information content (AvgIpc) is 2.29. The lowest BCUT2D eigenvalue weighted by atomic mass is 9.64. The van der Waals surface area contributed by atoms with Crippen LogP contribution in [0.25, 0.3) is 0 Å². The zero-order chi connectivity index (χ0) is 13.9. The Bertz CT molecular complexity index is 444. The minimum absolute atomic E-state index is 0. The van der Waals surface area contributed by atoms with Gasteiger partial charge in [-0.05, 0) is 37.5 Å². The molecule has 0 spiro atoms. The van der Waals surface area contributed by atoms with Gasteiger partial charge in [0.2, 0.25) is 5.91 Å². The number of carbonyl (C=O) groups is 1. The minimum Gasteiger partial charge on any atom is -0.355 e. The van der Waals surface area contributed by atoms with Crippen molar-refractivity contribution in [3.63, 3.8) is 0 Å². The van der Waals surface area contributed by atoms with E-state index in [4.69, 9.17) is 5.73 Å². The van der Waals surface area contributed by atoms with Gasteiger partial charge in [-0.2, -0.15) is 0 Å². The van der Waals surface area contributed by atoms with E-state index in [1.165, 1.54) is 12.1 Å². The summed E-state index contributed by atoms with van der Waals surface area (Å²) in [5.74, 6) is -0.234. The number of rotatable bonds is 5. The van der Waals surface area contributed by atoms with Gasteiger partial charge in [0.1, 0.15) is 5.82 Å². The summed E-state index contributed by atoms with van der Waals surface area (Å²) in [6.07, 6.45) is 3.58. The summed E-state index contributed by atoms with van der Waals surface area (Å²) >= 11 is 0. The smallest absolute Gasteiger partial charge is 0.221 e. The summed E-state index contributed by atoms with van der Waals surface area (Å²) in [6.45, 7) is 2.43. The molecular weight excluding hydrogens is 279 g/mol. The summed E-state index contributed by atoms with van der Waals surface area (Å²) in [6, 6.07) is 6.50. The van der Waals surface area contributed by atoms with Crippen molar-refractivity contribution in [2.75, 3.05) is 6.54 Å². The maximum atomic E-state index is 13.0. The monoisotopic (exact) mass is 300 g/mol. The van der Waals surface area contributed by atoms with Crippen molar-refractivity contribution in [3.8, 4) is 0 Å². The fourth-order valence-corrected chi connectivity index (χ4v) is 2.61. The molecule has 0 aliphatic heterocycles. The number of benzene rings is 1. The highest BCUT2D eigenvalue weighted by Crippen LogP contribution is 2.43. The van der Waals surface area contributed by atoms with E-state index in [2.05, 4.69) is 5.32 Å². The first kappa shape index (κ1) is 16.9. The van der Waals surface area contributed by atoms with Crippen LogP contribution in [0.5, 0.6) is 0 Å². The molecule has 0 aromatic heterocycles. The molecule has 3 N–H and O–H groups in total. The van der Waals surface area contributed by atoms with E-state index in [1.807, 2.05) is 19.1 Å². The highest BCUT2D eigenvalue weighted by atomic mass is 35.5. The Morgan fingerprint density at radius 2 is 2.00 bits per heavy atom. The average molecular weight is 301 g/mol. The maximum Gasteiger partial charge on any atom is 0.221 e. The second-order valence-corrected chi connectivity index (χ2v) is 5.60. The van der Waals surface area contributed by atoms with E-state index in [1.54, 1.807) is 0 Å². The largest absolute Gasteiger partial charge is 0.355 e. The molecule has 2 rings (SSSR count). The number of nitrogens with two attached hydrogens (primary N) is 1. The molecule has 1 aliphatic rings. The van der Waals surface area contributed by atoms with Crippen LogP contribution in [0.1, 0.15) is 38.2 Å². The van der Waals surface area contributed by atoms with Crippen molar-refractivity contribution >= 4 is 18.3 Å². The van der Waals surface area contributed by atoms with Crippen LogP contribution >= 0.6 is 12.4 Å². The van der Waals surface area contributed by atoms with Gasteiger partial charge in [0, 0.05) is 24.4 Å². The zero-order valence-electron chi connectivity index (χ0n) is 11.7. The van der Waals surface area contributed by atoms with E-state index >= 15 is 0 Å². The summed E-state index contributed by atoms with van der Waals surface area (Å²) in [5, 5.41) is 2.96. The van der Waals surface area contributed by atoms with Crippen molar-refractivity contribution in [3.05, 3.63) is 35.6 Å². The predicted octanol–water partition coefficient (Wildman–Crippen LogP) is 2.52. The molecule has 0 heterocycles. The van der Waals surface area contributed by atoms with Gasteiger partial charge in [-0.1, -0.05) is 18.6 Å². The quantitative estimate of drug-likeness (QED) is 0.878. The summed E-state index contributed by atoms with van der Waals surface area (Å²) in [7, 11) is 0. The molecule has 3 nitrogen and oxygen atoms in total. The number of halogens is 2. The van der Waals surface area contributed by atoms with Gasteiger partial charge in [-0.25, -0.2) is 4.39 Å². The van der Waals surface area contributed by atoms with E-state index in [0.29, 0.717) is 13.0 Å². The summed E-state index contributed by atoms with van der Waals surface area (Å²) in [5.41, 5.74) is 6.70. The fourth-order valence-electron chi connectivity index (χ4n) is 2.61. The van der Waals surface area contributed by atoms with Crippen LogP contribution < -0.4 is 11.1 Å². The maximum absolute atomic E-state index is 13.0. The Morgan fingerprint density at radius 3 is 2.45 bits per heavy atom. The molecule has 0 saturated heterocycles. The summed E-state index contributed by atoms with van der Waals surface area (Å²) in [4.78, 5) is 11.7. The molecular formula is C15H22ClFN2O. The lowest BCUT2D eigenvalue weighted by Gasteiger charge is -2.42. The van der Waals surface area contributed by atoms with Crippen LogP contribution in [0.2, 0.25) is 0 Å². The Morgan fingerprint density at radius 1 is 1.40 bits per heavy atom. The van der Waals surface area contributed by atoms with Crippen LogP contribution in [0, 0.1) is 5.82 Å². The Labute approximate surface area is 125 Å². The van der Waals surface area contributed by atoms with E-state index in [-0.39, 0.29) is 35.6 Å². The second-order valence-electron chi connectivity index (χ2n) is 5.60. The number of carbonyl (C=O) groups excluding carboxylic acids is 1. The van der Waals surface area contributed by atoms with Crippen molar-refractivity contribution in [2.24, 2.45) is 5.73 Å². The predicted molar refractivity (Wildman–Crippen MR) is 80.5 cm³/mol. The van der Waals surface area contributed by atoms with Gasteiger partial charge in [0.05, 0.1) is 0 Å². The molecule has 1 atom stereocenters. The Hall–Kier alpha value is -1.13. The number of hydrogen-bond donors (Lipinski definition) is 2. The van der Waals surface area contributed by atoms with Crippen molar-refractivity contribution in [1.29, 1.82) is 0 Å². The van der Waals surface area contributed by atoms with Crippen molar-refractivity contribution < 1.29 is 9.18 Å². The molecule has 0 bridgehead atoms. The molecule has 1 saturated carbocycles. The highest BCUT2D eigenvalue weighted by Gasteiger charge is 2.38. The molecule has 1 amide bonds. The molecule has 20 heavy (non-hydrogen) atoms. The first-order valence-corrected chi connectivity index (χ1v) is 6.80. The first-order chi connectivity index (χ1) is 9.02. The molecule has 1 fully saturated rings. The topological polar surface area (TPSA) is 55.1 Å². The molecule has 0 radical (unpaired) electrons. The van der Waals surface area contributed by atoms with Crippen molar-refractivity contribution in [1.82, 2.24) is 5.32 Å². The zero-order valence-corrected chi connectivity index (χ0v) is 12.5. The number of amides is 1. The Kier molecular flexibility index (Phi) is 5.96. The Balaban J connectivity index is 0.00000200. The molecule has 1 aromatic rings. The molecule has 5 heteroatoms. The third kappa shape index (κ3) is 3.93. The van der Waals surface area contributed by atoms with Crippen molar-refractivity contribution in [2.45, 2.75) is 44.1 Å². The van der Waals surface area contributed by atoms with Crippen LogP contribution in [-0.2, 0) is 10.2 Å². The number of nitrogens with one attached hydrogen (secondary N) is 1. The van der Waals surface area contributed by atoms with Gasteiger partial charge in [-0.15, -0.1) is 12.4 Å². The number of hydrogen-bond acceptors (Lipinski definition) is 2. The van der Waals surface area contributed by atoms with Crippen LogP contribution in [0.3, 0.4) is 0 Å². The third-order valence-electron chi connectivity index (χ3n) is 3.90. The normalized spacial score (nSPS) is 17.6. The van der Waals surface area contributed by atoms with Crippen LogP contribution in [0.4, 0.5) is 4.39 Å². The summed E-state index contributed by atoms with van der Waals surface area (Å²) < 4.78 is 13.0. The third-order valence-corrected chi connectivity index (χ3v) is 3.90. The van der Waals surface area contributed by atoms with Gasteiger partial charge in [-0.3, -0.25) is 4.79 Å². The second kappa shape index (κ2) is 7.04.